The fourth-order valence-corrected chi connectivity index (χ4v) is 7.16. The number of aliphatic hydroxyl groups is 2. The highest BCUT2D eigenvalue weighted by Gasteiger charge is 2.65. The van der Waals surface area contributed by atoms with Crippen LogP contribution in [0.4, 0.5) is 0 Å². The maximum atomic E-state index is 12.0. The fraction of sp³-hybridized carbons (Fsp3) is 0.923. The highest BCUT2D eigenvalue weighted by atomic mass is 28.4. The van der Waals surface area contributed by atoms with Crippen molar-refractivity contribution in [3.05, 3.63) is 0 Å². The summed E-state index contributed by atoms with van der Waals surface area (Å²) in [6.45, 7) is 19.6. The molecule has 4 fully saturated rings. The Hall–Kier alpha value is -0.463. The highest BCUT2D eigenvalue weighted by molar-refractivity contribution is 6.74. The van der Waals surface area contributed by atoms with Crippen LogP contribution in [0.3, 0.4) is 0 Å². The van der Waals surface area contributed by atoms with Gasteiger partial charge in [-0.3, -0.25) is 0 Å². The van der Waals surface area contributed by atoms with Crippen molar-refractivity contribution < 1.29 is 28.8 Å². The normalized spacial score (nSPS) is 43.4. The number of ether oxygens (including phenoxy) is 3. The van der Waals surface area contributed by atoms with Crippen molar-refractivity contribution in [1.82, 2.24) is 0 Å². The van der Waals surface area contributed by atoms with Gasteiger partial charge in [-0.05, 0) is 69.0 Å². The topological polar surface area (TPSA) is 77.4 Å². The first-order valence-electron chi connectivity index (χ1n) is 12.6. The summed E-state index contributed by atoms with van der Waals surface area (Å²) >= 11 is 0. The maximum Gasteiger partial charge on any atom is 0.191 e. The summed E-state index contributed by atoms with van der Waals surface area (Å²) in [6, 6.07) is 0. The Kier molecular flexibility index (Phi) is 6.03. The molecule has 0 radical (unpaired) electrons. The molecule has 6 nitrogen and oxygen atoms in total. The number of hydrogen-bond acceptors (Lipinski definition) is 6. The van der Waals surface area contributed by atoms with E-state index in [2.05, 4.69) is 59.6 Å². The molecule has 0 aromatic rings. The molecule has 2 N–H and O–H groups in total. The Labute approximate surface area is 200 Å². The molecule has 0 spiro atoms. The molecule has 2 saturated heterocycles. The van der Waals surface area contributed by atoms with E-state index in [0.29, 0.717) is 18.9 Å². The van der Waals surface area contributed by atoms with Gasteiger partial charge >= 0.3 is 0 Å². The van der Waals surface area contributed by atoms with E-state index in [1.807, 2.05) is 13.8 Å². The largest absolute Gasteiger partial charge is 0.417 e. The minimum absolute atomic E-state index is 0.0954. The Morgan fingerprint density at radius 3 is 2.30 bits per heavy atom. The first-order chi connectivity index (χ1) is 15.0. The van der Waals surface area contributed by atoms with Crippen LogP contribution in [0.15, 0.2) is 0 Å². The second-order valence-electron chi connectivity index (χ2n) is 13.2. The lowest BCUT2D eigenvalue weighted by Gasteiger charge is -2.37. The molecule has 2 bridgehead atoms. The van der Waals surface area contributed by atoms with Gasteiger partial charge in [-0.25, -0.2) is 0 Å². The summed E-state index contributed by atoms with van der Waals surface area (Å²) in [6.07, 6.45) is 0.760. The molecule has 2 aliphatic carbocycles. The van der Waals surface area contributed by atoms with E-state index < -0.39 is 49.7 Å². The van der Waals surface area contributed by atoms with E-state index in [4.69, 9.17) is 18.6 Å². The fourth-order valence-electron chi connectivity index (χ4n) is 6.10. The lowest BCUT2D eigenvalue weighted by Crippen LogP contribution is -2.49. The minimum Gasteiger partial charge on any atom is -0.417 e. The van der Waals surface area contributed by atoms with Gasteiger partial charge in [-0.1, -0.05) is 46.5 Å². The molecule has 7 atom stereocenters. The van der Waals surface area contributed by atoms with Gasteiger partial charge in [-0.2, -0.15) is 0 Å². The predicted molar refractivity (Wildman–Crippen MR) is 129 cm³/mol. The zero-order chi connectivity index (χ0) is 24.7. The zero-order valence-electron chi connectivity index (χ0n) is 21.9. The second kappa shape index (κ2) is 7.77. The van der Waals surface area contributed by atoms with Crippen LogP contribution in [0.5, 0.6) is 0 Å². The molecule has 4 rings (SSSR count). The molecule has 0 unspecified atom stereocenters. The lowest BCUT2D eigenvalue weighted by molar-refractivity contribution is -0.223. The standard InChI is InChI=1S/C26H44O6Si/c1-22(2,3)33(8,9)29-15-11-19-26(28,20-21(30-19)32-24(6,7)31-20)14-13-25-12-10-17(16-18(25)27)23(25,4)5/h17-21,27-28H,10-12,15-16H2,1-9H3/t17-,18-,19-,20+,21-,25-,26-/m1/s1. The number of fused-ring (bicyclic) bond motifs is 3. The first-order valence-corrected chi connectivity index (χ1v) is 15.5. The van der Waals surface area contributed by atoms with E-state index in [-0.39, 0.29) is 10.5 Å². The van der Waals surface area contributed by atoms with Gasteiger partial charge in [0.25, 0.3) is 0 Å². The predicted octanol–water partition coefficient (Wildman–Crippen LogP) is 4.20. The van der Waals surface area contributed by atoms with Crippen LogP contribution < -0.4 is 0 Å². The van der Waals surface area contributed by atoms with Gasteiger partial charge < -0.3 is 28.8 Å². The van der Waals surface area contributed by atoms with Gasteiger partial charge in [0, 0.05) is 6.61 Å². The average molecular weight is 481 g/mol. The molecule has 2 saturated carbocycles. The van der Waals surface area contributed by atoms with E-state index in [1.165, 1.54) is 0 Å². The van der Waals surface area contributed by atoms with Crippen molar-refractivity contribution in [2.75, 3.05) is 6.61 Å². The SMILES string of the molecule is CC1(C)O[C@H]2O[C@H](CCO[Si](C)(C)C(C)(C)C)[C@](O)(C#C[C@]34CC[C@H](C[C@H]3O)C4(C)C)[C@H]2O1. The van der Waals surface area contributed by atoms with Crippen molar-refractivity contribution in [3.63, 3.8) is 0 Å². The smallest absolute Gasteiger partial charge is 0.191 e. The van der Waals surface area contributed by atoms with Crippen LogP contribution in [0.1, 0.15) is 74.1 Å². The summed E-state index contributed by atoms with van der Waals surface area (Å²) < 4.78 is 24.6. The monoisotopic (exact) mass is 480 g/mol. The first kappa shape index (κ1) is 25.6. The summed E-state index contributed by atoms with van der Waals surface area (Å²) in [5.74, 6) is 6.24. The lowest BCUT2D eigenvalue weighted by atomic mass is 9.68. The molecule has 0 aromatic carbocycles. The Bertz CT molecular complexity index is 836. The maximum absolute atomic E-state index is 12.0. The van der Waals surface area contributed by atoms with Gasteiger partial charge in [0.1, 0.15) is 6.10 Å². The number of rotatable bonds is 4. The number of aliphatic hydroxyl groups excluding tert-OH is 1. The van der Waals surface area contributed by atoms with E-state index in [9.17, 15) is 10.2 Å². The molecule has 188 valence electrons. The highest BCUT2D eigenvalue weighted by Crippen LogP contribution is 2.65. The Balaban J connectivity index is 1.59. The minimum atomic E-state index is -1.92. The van der Waals surface area contributed by atoms with Crippen LogP contribution in [0.25, 0.3) is 0 Å². The van der Waals surface area contributed by atoms with Gasteiger partial charge in [-0.15, -0.1) is 0 Å². The molecule has 33 heavy (non-hydrogen) atoms. The third kappa shape index (κ3) is 3.94. The molecule has 7 heteroatoms. The summed E-state index contributed by atoms with van der Waals surface area (Å²) in [5.41, 5.74) is -2.13. The van der Waals surface area contributed by atoms with Crippen molar-refractivity contribution >= 4 is 8.32 Å². The zero-order valence-corrected chi connectivity index (χ0v) is 22.9. The number of hydrogen-bond donors (Lipinski definition) is 2. The van der Waals surface area contributed by atoms with Gasteiger partial charge in [0.05, 0.1) is 11.5 Å². The van der Waals surface area contributed by atoms with Crippen LogP contribution in [0, 0.1) is 28.6 Å². The van der Waals surface area contributed by atoms with Gasteiger partial charge in [0.2, 0.25) is 0 Å². The molecular formula is C26H44O6Si. The summed E-state index contributed by atoms with van der Waals surface area (Å²) in [7, 11) is -1.92. The molecular weight excluding hydrogens is 436 g/mol. The Morgan fingerprint density at radius 1 is 1.09 bits per heavy atom. The molecule has 4 aliphatic rings. The van der Waals surface area contributed by atoms with Crippen LogP contribution in [0.2, 0.25) is 18.1 Å². The van der Waals surface area contributed by atoms with Crippen LogP contribution in [-0.2, 0) is 18.6 Å². The van der Waals surface area contributed by atoms with Gasteiger partial charge in [0.15, 0.2) is 32.1 Å². The van der Waals surface area contributed by atoms with Crippen molar-refractivity contribution in [2.24, 2.45) is 16.7 Å². The Morgan fingerprint density at radius 2 is 1.76 bits per heavy atom. The molecule has 2 aliphatic heterocycles. The van der Waals surface area contributed by atoms with Crippen molar-refractivity contribution in [3.8, 4) is 11.8 Å². The van der Waals surface area contributed by atoms with Crippen molar-refractivity contribution in [1.29, 1.82) is 0 Å². The van der Waals surface area contributed by atoms with Crippen LogP contribution >= 0.6 is 0 Å². The third-order valence-electron chi connectivity index (χ3n) is 9.55. The van der Waals surface area contributed by atoms with E-state index in [1.54, 1.807) is 0 Å². The second-order valence-corrected chi connectivity index (χ2v) is 18.0. The summed E-state index contributed by atoms with van der Waals surface area (Å²) in [5, 5.41) is 23.0. The van der Waals surface area contributed by atoms with Crippen LogP contribution in [-0.4, -0.2) is 61.1 Å². The van der Waals surface area contributed by atoms with E-state index >= 15 is 0 Å². The third-order valence-corrected chi connectivity index (χ3v) is 14.1. The average Bonchev–Trinajstić information content (AvgIpc) is 3.25. The molecule has 0 amide bonds. The molecule has 2 heterocycles. The molecule has 0 aromatic heterocycles. The van der Waals surface area contributed by atoms with E-state index in [0.717, 1.165) is 19.3 Å². The quantitative estimate of drug-likeness (QED) is 0.464. The van der Waals surface area contributed by atoms with Crippen molar-refractivity contribution in [2.45, 2.75) is 128 Å². The summed E-state index contributed by atoms with van der Waals surface area (Å²) in [4.78, 5) is 0.